The van der Waals surface area contributed by atoms with Crippen LogP contribution in [0.2, 0.25) is 0 Å². The fourth-order valence-corrected chi connectivity index (χ4v) is 3.96. The number of rotatable bonds is 4. The molecular formula is C21H27IN4O. The molecule has 0 aromatic heterocycles. The normalized spacial score (nSPS) is 20.9. The minimum atomic E-state index is 0. The lowest BCUT2D eigenvalue weighted by molar-refractivity contribution is 0.262. The van der Waals surface area contributed by atoms with Crippen molar-refractivity contribution in [3.63, 3.8) is 0 Å². The number of nitrogens with zero attached hydrogens (tertiary/aromatic N) is 2. The second-order valence-electron chi connectivity index (χ2n) is 7.01. The standard InChI is InChI=1S/C21H26N4O.HI/c1-15-14-16-6-2-4-8-19(16)25(15)12-11-23-21(22)24-18-10-13-26-20-9-5-3-7-17(18)20;/h2-9,15,18H,10-14H2,1H3,(H3,22,23,24);1H. The van der Waals surface area contributed by atoms with Crippen LogP contribution in [0.5, 0.6) is 5.75 Å². The van der Waals surface area contributed by atoms with Gasteiger partial charge in [0.2, 0.25) is 0 Å². The third-order valence-electron chi connectivity index (χ3n) is 5.25. The highest BCUT2D eigenvalue weighted by atomic mass is 127. The second kappa shape index (κ2) is 8.82. The van der Waals surface area contributed by atoms with Crippen molar-refractivity contribution in [1.82, 2.24) is 5.32 Å². The van der Waals surface area contributed by atoms with Gasteiger partial charge in [-0.1, -0.05) is 36.4 Å². The lowest BCUT2D eigenvalue weighted by Gasteiger charge is -2.27. The number of ether oxygens (including phenoxy) is 1. The van der Waals surface area contributed by atoms with Crippen molar-refractivity contribution in [1.29, 1.82) is 0 Å². The molecule has 0 radical (unpaired) electrons. The number of aliphatic imine (C=N–C) groups is 1. The van der Waals surface area contributed by atoms with E-state index in [4.69, 9.17) is 10.5 Å². The quantitative estimate of drug-likeness (QED) is 0.402. The first-order valence-electron chi connectivity index (χ1n) is 9.35. The number of halogens is 1. The molecule has 27 heavy (non-hydrogen) atoms. The fourth-order valence-electron chi connectivity index (χ4n) is 3.96. The number of para-hydroxylation sites is 2. The SMILES string of the molecule is CC1Cc2ccccc2N1CCN=C(N)NC1CCOc2ccccc21.I. The zero-order valence-electron chi connectivity index (χ0n) is 15.6. The van der Waals surface area contributed by atoms with Crippen LogP contribution in [0.1, 0.15) is 30.5 Å². The molecule has 5 nitrogen and oxygen atoms in total. The van der Waals surface area contributed by atoms with Crippen molar-refractivity contribution >= 4 is 35.6 Å². The second-order valence-corrected chi connectivity index (χ2v) is 7.01. The molecule has 6 heteroatoms. The van der Waals surface area contributed by atoms with Gasteiger partial charge < -0.3 is 20.7 Å². The number of nitrogens with one attached hydrogen (secondary N) is 1. The molecule has 0 spiro atoms. The maximum atomic E-state index is 6.16. The van der Waals surface area contributed by atoms with Crippen molar-refractivity contribution in [2.75, 3.05) is 24.6 Å². The highest BCUT2D eigenvalue weighted by molar-refractivity contribution is 14.0. The molecule has 4 rings (SSSR count). The molecule has 2 atom stereocenters. The summed E-state index contributed by atoms with van der Waals surface area (Å²) in [5.74, 6) is 1.44. The Morgan fingerprint density at radius 2 is 2.00 bits per heavy atom. The van der Waals surface area contributed by atoms with Gasteiger partial charge in [0.25, 0.3) is 0 Å². The van der Waals surface area contributed by atoms with E-state index in [2.05, 4.69) is 52.5 Å². The Kier molecular flexibility index (Phi) is 6.46. The van der Waals surface area contributed by atoms with Gasteiger partial charge in [-0.2, -0.15) is 0 Å². The van der Waals surface area contributed by atoms with Gasteiger partial charge in [0.05, 0.1) is 19.2 Å². The third kappa shape index (κ3) is 4.31. The van der Waals surface area contributed by atoms with E-state index < -0.39 is 0 Å². The first-order valence-corrected chi connectivity index (χ1v) is 9.35. The third-order valence-corrected chi connectivity index (χ3v) is 5.25. The number of guanidine groups is 1. The summed E-state index contributed by atoms with van der Waals surface area (Å²) in [4.78, 5) is 6.99. The van der Waals surface area contributed by atoms with Crippen LogP contribution in [0.25, 0.3) is 0 Å². The van der Waals surface area contributed by atoms with E-state index in [0.29, 0.717) is 25.2 Å². The summed E-state index contributed by atoms with van der Waals surface area (Å²) in [5.41, 5.74) is 10.1. The largest absolute Gasteiger partial charge is 0.493 e. The summed E-state index contributed by atoms with van der Waals surface area (Å²) < 4.78 is 5.70. The van der Waals surface area contributed by atoms with Crippen LogP contribution >= 0.6 is 24.0 Å². The maximum absolute atomic E-state index is 6.16. The number of fused-ring (bicyclic) bond motifs is 2. The summed E-state index contributed by atoms with van der Waals surface area (Å²) in [7, 11) is 0. The summed E-state index contributed by atoms with van der Waals surface area (Å²) in [5, 5.41) is 3.36. The lowest BCUT2D eigenvalue weighted by Crippen LogP contribution is -2.38. The number of benzene rings is 2. The molecule has 2 aliphatic heterocycles. The van der Waals surface area contributed by atoms with E-state index in [1.807, 2.05) is 18.2 Å². The van der Waals surface area contributed by atoms with Crippen LogP contribution in [-0.2, 0) is 6.42 Å². The van der Waals surface area contributed by atoms with Crippen LogP contribution in [0.3, 0.4) is 0 Å². The van der Waals surface area contributed by atoms with Gasteiger partial charge >= 0.3 is 0 Å². The fraction of sp³-hybridized carbons (Fsp3) is 0.381. The molecule has 0 amide bonds. The topological polar surface area (TPSA) is 62.9 Å². The molecule has 2 aromatic carbocycles. The average Bonchev–Trinajstić information content (AvgIpc) is 2.98. The van der Waals surface area contributed by atoms with Gasteiger partial charge in [-0.05, 0) is 31.0 Å². The highest BCUT2D eigenvalue weighted by Gasteiger charge is 2.25. The molecule has 0 aliphatic carbocycles. The van der Waals surface area contributed by atoms with E-state index in [1.54, 1.807) is 0 Å². The first-order chi connectivity index (χ1) is 12.7. The molecule has 0 saturated heterocycles. The van der Waals surface area contributed by atoms with Crippen LogP contribution < -0.4 is 20.7 Å². The average molecular weight is 478 g/mol. The van der Waals surface area contributed by atoms with E-state index in [1.165, 1.54) is 11.3 Å². The zero-order chi connectivity index (χ0) is 17.9. The molecule has 2 heterocycles. The van der Waals surface area contributed by atoms with Crippen molar-refractivity contribution in [2.24, 2.45) is 10.7 Å². The minimum Gasteiger partial charge on any atom is -0.493 e. The summed E-state index contributed by atoms with van der Waals surface area (Å²) >= 11 is 0. The Morgan fingerprint density at radius 1 is 1.22 bits per heavy atom. The maximum Gasteiger partial charge on any atom is 0.189 e. The van der Waals surface area contributed by atoms with Crippen molar-refractivity contribution in [3.05, 3.63) is 59.7 Å². The van der Waals surface area contributed by atoms with Gasteiger partial charge in [0.1, 0.15) is 5.75 Å². The van der Waals surface area contributed by atoms with Crippen molar-refractivity contribution in [2.45, 2.75) is 31.8 Å². The van der Waals surface area contributed by atoms with E-state index >= 15 is 0 Å². The number of hydrogen-bond acceptors (Lipinski definition) is 3. The summed E-state index contributed by atoms with van der Waals surface area (Å²) in [6, 6.07) is 17.4. The Labute approximate surface area is 178 Å². The van der Waals surface area contributed by atoms with E-state index in [-0.39, 0.29) is 30.0 Å². The van der Waals surface area contributed by atoms with Crippen LogP contribution in [0, 0.1) is 0 Å². The molecule has 0 fully saturated rings. The number of nitrogens with two attached hydrogens (primary N) is 1. The van der Waals surface area contributed by atoms with Crippen molar-refractivity contribution in [3.8, 4) is 5.75 Å². The Hall–Kier alpha value is -1.96. The van der Waals surface area contributed by atoms with Gasteiger partial charge in [0.15, 0.2) is 5.96 Å². The van der Waals surface area contributed by atoms with Crippen LogP contribution in [0.4, 0.5) is 5.69 Å². The molecule has 144 valence electrons. The summed E-state index contributed by atoms with van der Waals surface area (Å²) in [6.45, 7) is 4.53. The molecule has 2 aliphatic rings. The molecule has 3 N–H and O–H groups in total. The summed E-state index contributed by atoms with van der Waals surface area (Å²) in [6.07, 6.45) is 2.00. The predicted octanol–water partition coefficient (Wildman–Crippen LogP) is 3.48. The molecule has 0 saturated carbocycles. The van der Waals surface area contributed by atoms with Crippen molar-refractivity contribution < 1.29 is 4.74 Å². The minimum absolute atomic E-state index is 0. The molecule has 2 unspecified atom stereocenters. The molecular weight excluding hydrogens is 451 g/mol. The van der Waals surface area contributed by atoms with E-state index in [0.717, 1.165) is 30.7 Å². The van der Waals surface area contributed by atoms with Gasteiger partial charge in [-0.3, -0.25) is 4.99 Å². The Morgan fingerprint density at radius 3 is 2.89 bits per heavy atom. The Bertz CT molecular complexity index is 810. The van der Waals surface area contributed by atoms with Crippen LogP contribution in [0.15, 0.2) is 53.5 Å². The number of hydrogen-bond donors (Lipinski definition) is 2. The Balaban J connectivity index is 0.00000210. The highest BCUT2D eigenvalue weighted by Crippen LogP contribution is 2.32. The smallest absolute Gasteiger partial charge is 0.189 e. The van der Waals surface area contributed by atoms with Gasteiger partial charge in [0, 0.05) is 30.3 Å². The van der Waals surface area contributed by atoms with Gasteiger partial charge in [-0.15, -0.1) is 24.0 Å². The van der Waals surface area contributed by atoms with E-state index in [9.17, 15) is 0 Å². The predicted molar refractivity (Wildman–Crippen MR) is 121 cm³/mol. The first kappa shape index (κ1) is 19.8. The zero-order valence-corrected chi connectivity index (χ0v) is 17.9. The molecule has 0 bridgehead atoms. The van der Waals surface area contributed by atoms with Gasteiger partial charge in [-0.25, -0.2) is 0 Å². The lowest BCUT2D eigenvalue weighted by atomic mass is 10.0. The van der Waals surface area contributed by atoms with Crippen LogP contribution in [-0.4, -0.2) is 31.7 Å². The molecule has 2 aromatic rings. The monoisotopic (exact) mass is 478 g/mol. The number of anilines is 1.